The van der Waals surface area contributed by atoms with Crippen molar-refractivity contribution in [1.82, 2.24) is 5.32 Å². The Morgan fingerprint density at radius 3 is 2.25 bits per heavy atom. The highest BCUT2D eigenvalue weighted by molar-refractivity contribution is 5.85. The molecule has 0 heterocycles. The highest BCUT2D eigenvalue weighted by atomic mass is 35.5. The minimum Gasteiger partial charge on any atom is -0.381 e. The van der Waals surface area contributed by atoms with Gasteiger partial charge in [0.05, 0.1) is 6.10 Å². The SMILES string of the molecule is CNCC1CCC(OC)CC1.Cl. The summed E-state index contributed by atoms with van der Waals surface area (Å²) < 4.78 is 5.30. The van der Waals surface area contributed by atoms with E-state index in [1.165, 1.54) is 32.2 Å². The maximum absolute atomic E-state index is 5.30. The van der Waals surface area contributed by atoms with Gasteiger partial charge in [0.15, 0.2) is 0 Å². The zero-order valence-corrected chi connectivity index (χ0v) is 8.82. The second-order valence-electron chi connectivity index (χ2n) is 3.44. The summed E-state index contributed by atoms with van der Waals surface area (Å²) >= 11 is 0. The molecule has 0 aromatic carbocycles. The Morgan fingerprint density at radius 1 is 1.25 bits per heavy atom. The van der Waals surface area contributed by atoms with E-state index in [2.05, 4.69) is 5.32 Å². The molecule has 0 amide bonds. The number of hydrogen-bond donors (Lipinski definition) is 1. The lowest BCUT2D eigenvalue weighted by atomic mass is 9.87. The Balaban J connectivity index is 0.00000121. The Kier molecular flexibility index (Phi) is 6.81. The molecule has 0 aromatic heterocycles. The van der Waals surface area contributed by atoms with Gasteiger partial charge in [0.2, 0.25) is 0 Å². The molecule has 1 aliphatic rings. The molecule has 1 saturated carbocycles. The fourth-order valence-electron chi connectivity index (χ4n) is 1.86. The molecular weight excluding hydrogens is 174 g/mol. The van der Waals surface area contributed by atoms with Gasteiger partial charge in [-0.25, -0.2) is 0 Å². The van der Waals surface area contributed by atoms with Crippen LogP contribution in [-0.4, -0.2) is 26.8 Å². The fraction of sp³-hybridized carbons (Fsp3) is 1.00. The quantitative estimate of drug-likeness (QED) is 0.739. The molecule has 0 atom stereocenters. The van der Waals surface area contributed by atoms with Gasteiger partial charge in [-0.3, -0.25) is 0 Å². The lowest BCUT2D eigenvalue weighted by Crippen LogP contribution is -2.26. The molecular formula is C9H20ClNO. The predicted molar refractivity (Wildman–Crippen MR) is 53.9 cm³/mol. The van der Waals surface area contributed by atoms with Gasteiger partial charge in [0.1, 0.15) is 0 Å². The second-order valence-corrected chi connectivity index (χ2v) is 3.44. The van der Waals surface area contributed by atoms with E-state index in [0.717, 1.165) is 5.92 Å². The first kappa shape index (κ1) is 12.2. The highest BCUT2D eigenvalue weighted by Gasteiger charge is 2.19. The third-order valence-electron chi connectivity index (χ3n) is 2.62. The first-order chi connectivity index (χ1) is 5.36. The van der Waals surface area contributed by atoms with E-state index in [1.807, 2.05) is 14.2 Å². The van der Waals surface area contributed by atoms with Gasteiger partial charge in [-0.05, 0) is 45.2 Å². The van der Waals surface area contributed by atoms with Crippen molar-refractivity contribution >= 4 is 12.4 Å². The van der Waals surface area contributed by atoms with Gasteiger partial charge < -0.3 is 10.1 Å². The predicted octanol–water partition coefficient (Wildman–Crippen LogP) is 1.83. The molecule has 1 fully saturated rings. The monoisotopic (exact) mass is 193 g/mol. The van der Waals surface area contributed by atoms with Crippen molar-refractivity contribution in [2.45, 2.75) is 31.8 Å². The third-order valence-corrected chi connectivity index (χ3v) is 2.62. The van der Waals surface area contributed by atoms with E-state index in [1.54, 1.807) is 0 Å². The molecule has 0 unspecified atom stereocenters. The van der Waals surface area contributed by atoms with Gasteiger partial charge in [-0.2, -0.15) is 0 Å². The second kappa shape index (κ2) is 6.70. The van der Waals surface area contributed by atoms with Crippen LogP contribution in [0.5, 0.6) is 0 Å². The summed E-state index contributed by atoms with van der Waals surface area (Å²) in [6, 6.07) is 0. The van der Waals surface area contributed by atoms with Crippen molar-refractivity contribution in [3.05, 3.63) is 0 Å². The molecule has 0 saturated heterocycles. The van der Waals surface area contributed by atoms with Crippen molar-refractivity contribution in [2.24, 2.45) is 5.92 Å². The van der Waals surface area contributed by atoms with Crippen LogP contribution in [0.2, 0.25) is 0 Å². The molecule has 0 spiro atoms. The topological polar surface area (TPSA) is 21.3 Å². The fourth-order valence-corrected chi connectivity index (χ4v) is 1.86. The molecule has 3 heteroatoms. The summed E-state index contributed by atoms with van der Waals surface area (Å²) in [7, 11) is 3.85. The Labute approximate surface area is 81.5 Å². The number of ether oxygens (including phenoxy) is 1. The van der Waals surface area contributed by atoms with E-state index < -0.39 is 0 Å². The van der Waals surface area contributed by atoms with Crippen molar-refractivity contribution in [2.75, 3.05) is 20.7 Å². The maximum atomic E-state index is 5.30. The molecule has 0 aliphatic heterocycles. The molecule has 1 rings (SSSR count). The zero-order chi connectivity index (χ0) is 8.10. The molecule has 0 radical (unpaired) electrons. The zero-order valence-electron chi connectivity index (χ0n) is 8.01. The van der Waals surface area contributed by atoms with Crippen LogP contribution >= 0.6 is 12.4 Å². The van der Waals surface area contributed by atoms with Crippen LogP contribution in [0, 0.1) is 5.92 Å². The number of nitrogens with one attached hydrogen (secondary N) is 1. The van der Waals surface area contributed by atoms with Gasteiger partial charge in [-0.1, -0.05) is 0 Å². The first-order valence-corrected chi connectivity index (χ1v) is 4.54. The minimum absolute atomic E-state index is 0. The van der Waals surface area contributed by atoms with Crippen LogP contribution in [-0.2, 0) is 4.74 Å². The molecule has 74 valence electrons. The van der Waals surface area contributed by atoms with Crippen LogP contribution in [0.15, 0.2) is 0 Å². The Morgan fingerprint density at radius 2 is 1.83 bits per heavy atom. The van der Waals surface area contributed by atoms with Crippen molar-refractivity contribution in [3.63, 3.8) is 0 Å². The normalized spacial score (nSPS) is 29.5. The maximum Gasteiger partial charge on any atom is 0.0571 e. The summed E-state index contributed by atoms with van der Waals surface area (Å²) in [6.07, 6.45) is 5.72. The van der Waals surface area contributed by atoms with Crippen LogP contribution in [0.3, 0.4) is 0 Å². The largest absolute Gasteiger partial charge is 0.381 e. The van der Waals surface area contributed by atoms with E-state index in [9.17, 15) is 0 Å². The van der Waals surface area contributed by atoms with Crippen LogP contribution in [0.1, 0.15) is 25.7 Å². The summed E-state index contributed by atoms with van der Waals surface area (Å²) in [5.41, 5.74) is 0. The third kappa shape index (κ3) is 3.74. The number of methoxy groups -OCH3 is 1. The molecule has 1 aliphatic carbocycles. The number of halogens is 1. The molecule has 1 N–H and O–H groups in total. The highest BCUT2D eigenvalue weighted by Crippen LogP contribution is 2.24. The number of rotatable bonds is 3. The van der Waals surface area contributed by atoms with Gasteiger partial charge in [0.25, 0.3) is 0 Å². The molecule has 0 bridgehead atoms. The smallest absolute Gasteiger partial charge is 0.0571 e. The van der Waals surface area contributed by atoms with Gasteiger partial charge in [-0.15, -0.1) is 12.4 Å². The van der Waals surface area contributed by atoms with E-state index >= 15 is 0 Å². The Hall–Kier alpha value is 0.210. The first-order valence-electron chi connectivity index (χ1n) is 4.54. The summed E-state index contributed by atoms with van der Waals surface area (Å²) in [6.45, 7) is 1.18. The van der Waals surface area contributed by atoms with Gasteiger partial charge in [0, 0.05) is 7.11 Å². The van der Waals surface area contributed by atoms with Crippen LogP contribution in [0.4, 0.5) is 0 Å². The number of hydrogen-bond acceptors (Lipinski definition) is 2. The standard InChI is InChI=1S/C9H19NO.ClH/c1-10-7-8-3-5-9(11-2)6-4-8;/h8-10H,3-7H2,1-2H3;1H. The molecule has 2 nitrogen and oxygen atoms in total. The van der Waals surface area contributed by atoms with E-state index in [0.29, 0.717) is 6.10 Å². The molecule has 12 heavy (non-hydrogen) atoms. The summed E-state index contributed by atoms with van der Waals surface area (Å²) in [5.74, 6) is 0.895. The van der Waals surface area contributed by atoms with E-state index in [-0.39, 0.29) is 12.4 Å². The van der Waals surface area contributed by atoms with E-state index in [4.69, 9.17) is 4.74 Å². The van der Waals surface area contributed by atoms with Crippen molar-refractivity contribution < 1.29 is 4.74 Å². The van der Waals surface area contributed by atoms with Crippen molar-refractivity contribution in [1.29, 1.82) is 0 Å². The van der Waals surface area contributed by atoms with Crippen LogP contribution in [0.25, 0.3) is 0 Å². The molecule has 0 aromatic rings. The Bertz CT molecular complexity index is 103. The lowest BCUT2D eigenvalue weighted by Gasteiger charge is -2.27. The van der Waals surface area contributed by atoms with Crippen molar-refractivity contribution in [3.8, 4) is 0 Å². The van der Waals surface area contributed by atoms with Crippen LogP contribution < -0.4 is 5.32 Å². The minimum atomic E-state index is 0. The average molecular weight is 194 g/mol. The lowest BCUT2D eigenvalue weighted by molar-refractivity contribution is 0.0571. The average Bonchev–Trinajstić information content (AvgIpc) is 2.07. The summed E-state index contributed by atoms with van der Waals surface area (Å²) in [4.78, 5) is 0. The van der Waals surface area contributed by atoms with Gasteiger partial charge >= 0.3 is 0 Å². The summed E-state index contributed by atoms with van der Waals surface area (Å²) in [5, 5.41) is 3.23.